The van der Waals surface area contributed by atoms with Crippen LogP contribution in [0.5, 0.6) is 0 Å². The van der Waals surface area contributed by atoms with Gasteiger partial charge in [0.15, 0.2) is 0 Å². The molecular weight excluding hydrogens is 612 g/mol. The van der Waals surface area contributed by atoms with Crippen molar-refractivity contribution in [2.75, 3.05) is 0 Å². The fourth-order valence-corrected chi connectivity index (χ4v) is 5.75. The van der Waals surface area contributed by atoms with Gasteiger partial charge in [0, 0.05) is 0 Å². The van der Waals surface area contributed by atoms with Crippen molar-refractivity contribution in [1.29, 1.82) is 0 Å². The number of aromatic nitrogens is 3. The first-order valence-electron chi connectivity index (χ1n) is 15.9. The average molecular weight is 649 g/mol. The first-order valence-corrected chi connectivity index (χ1v) is 15.9. The Morgan fingerprint density at radius 2 is 0.771 bits per heavy atom. The Morgan fingerprint density at radius 3 is 1.00 bits per heavy atom. The van der Waals surface area contributed by atoms with Gasteiger partial charge >= 0.3 is 17.1 Å². The van der Waals surface area contributed by atoms with Gasteiger partial charge in [0.1, 0.15) is 0 Å². The second-order valence-corrected chi connectivity index (χ2v) is 11.2. The molecule has 0 aliphatic heterocycles. The van der Waals surface area contributed by atoms with Crippen LogP contribution in [0.4, 0.5) is 0 Å². The van der Waals surface area contributed by atoms with Crippen molar-refractivity contribution in [1.82, 2.24) is 13.7 Å². The maximum absolute atomic E-state index is 14.3. The molecule has 0 aliphatic carbocycles. The maximum atomic E-state index is 14.3. The van der Waals surface area contributed by atoms with Crippen LogP contribution in [-0.2, 0) is 14.4 Å². The van der Waals surface area contributed by atoms with Crippen LogP contribution < -0.4 is 17.1 Å². The molecule has 0 radical (unpaired) electrons. The van der Waals surface area contributed by atoms with E-state index in [1.54, 1.807) is 91.0 Å². The Bertz CT molecular complexity index is 1830. The van der Waals surface area contributed by atoms with Crippen LogP contribution in [0, 0.1) is 0 Å². The second-order valence-electron chi connectivity index (χ2n) is 11.2. The van der Waals surface area contributed by atoms with Crippen LogP contribution in [0.2, 0.25) is 0 Å². The minimum atomic E-state index is -0.932. The molecule has 0 spiro atoms. The minimum absolute atomic E-state index is 0.156. The van der Waals surface area contributed by atoms with Gasteiger partial charge < -0.3 is 0 Å². The topological polar surface area (TPSA) is 154 Å². The number of rotatable bonds is 15. The van der Waals surface area contributed by atoms with Crippen LogP contribution in [0.15, 0.2) is 102 Å². The van der Waals surface area contributed by atoms with Crippen LogP contribution in [-0.4, -0.2) is 31.9 Å². The number of hydrogen-bond acceptors (Lipinski definition) is 9. The van der Waals surface area contributed by atoms with Crippen LogP contribution in [0.3, 0.4) is 0 Å². The van der Waals surface area contributed by atoms with Crippen LogP contribution in [0.25, 0.3) is 17.1 Å². The van der Waals surface area contributed by atoms with Gasteiger partial charge in [-0.25, -0.2) is 42.5 Å². The van der Waals surface area contributed by atoms with E-state index in [0.29, 0.717) is 55.2 Å². The predicted octanol–water partition coefficient (Wildman–Crippen LogP) is 5.67. The van der Waals surface area contributed by atoms with Gasteiger partial charge in [-0.3, -0.25) is 0 Å². The molecule has 0 fully saturated rings. The van der Waals surface area contributed by atoms with E-state index in [9.17, 15) is 28.8 Å². The monoisotopic (exact) mass is 648 g/mol. The molecule has 12 heteroatoms. The molecule has 3 atom stereocenters. The molecular formula is C36H36N6O6. The Kier molecular flexibility index (Phi) is 12.2. The average Bonchev–Trinajstić information content (AvgIpc) is 3.08. The molecule has 0 aliphatic rings. The number of nitrogens with zero attached hydrogens (tertiary/aromatic N) is 6. The zero-order valence-corrected chi connectivity index (χ0v) is 27.0. The minimum Gasteiger partial charge on any atom is -0.246 e. The summed E-state index contributed by atoms with van der Waals surface area (Å²) < 4.78 is 2.66. The van der Waals surface area contributed by atoms with Gasteiger partial charge in [0.25, 0.3) is 0 Å². The van der Waals surface area contributed by atoms with Crippen molar-refractivity contribution >= 4 is 18.2 Å². The summed E-state index contributed by atoms with van der Waals surface area (Å²) in [6.45, 7) is 5.82. The third kappa shape index (κ3) is 7.60. The Labute approximate surface area is 276 Å². The highest BCUT2D eigenvalue weighted by Crippen LogP contribution is 2.26. The molecule has 0 bridgehead atoms. The van der Waals surface area contributed by atoms with Crippen molar-refractivity contribution in [3.05, 3.63) is 121 Å². The SMILES string of the molecule is CCCC(N=C=O)c1cccc(-n2c(=O)n(-c3cccc(C(CCC)N=C=O)c3)c(=O)n(-c3cccc(C(CCC)N=C=O)c3)c2=O)c1. The summed E-state index contributed by atoms with van der Waals surface area (Å²) in [5.41, 5.74) is -0.578. The first kappa shape index (κ1) is 35.1. The summed E-state index contributed by atoms with van der Waals surface area (Å²) in [5.74, 6) is 0. The largest absolute Gasteiger partial charge is 0.345 e. The molecule has 0 N–H and O–H groups in total. The third-order valence-corrected chi connectivity index (χ3v) is 8.00. The highest BCUT2D eigenvalue weighted by atomic mass is 16.2. The summed E-state index contributed by atoms with van der Waals surface area (Å²) in [5, 5.41) is 0. The van der Waals surface area contributed by atoms with Crippen molar-refractivity contribution in [3.8, 4) is 17.1 Å². The Morgan fingerprint density at radius 1 is 0.500 bits per heavy atom. The second kappa shape index (κ2) is 16.7. The van der Waals surface area contributed by atoms with E-state index < -0.39 is 35.2 Å². The van der Waals surface area contributed by atoms with Crippen LogP contribution in [0.1, 0.15) is 94.1 Å². The molecule has 3 aromatic carbocycles. The third-order valence-electron chi connectivity index (χ3n) is 8.00. The Balaban J connectivity index is 2.09. The van der Waals surface area contributed by atoms with E-state index in [4.69, 9.17) is 0 Å². The van der Waals surface area contributed by atoms with Crippen molar-refractivity contribution in [3.63, 3.8) is 0 Å². The van der Waals surface area contributed by atoms with E-state index >= 15 is 0 Å². The lowest BCUT2D eigenvalue weighted by Crippen LogP contribution is -2.52. The van der Waals surface area contributed by atoms with Crippen molar-refractivity contribution < 1.29 is 14.4 Å². The zero-order valence-electron chi connectivity index (χ0n) is 27.0. The fraction of sp³-hybridized carbons (Fsp3) is 0.333. The summed E-state index contributed by atoms with van der Waals surface area (Å²) in [6.07, 6.45) is 8.52. The van der Waals surface area contributed by atoms with E-state index in [-0.39, 0.29) is 17.1 Å². The van der Waals surface area contributed by atoms with E-state index in [2.05, 4.69) is 15.0 Å². The normalized spacial score (nSPS) is 12.6. The van der Waals surface area contributed by atoms with E-state index in [1.807, 2.05) is 20.8 Å². The van der Waals surface area contributed by atoms with Crippen molar-refractivity contribution in [2.45, 2.75) is 77.4 Å². The number of aliphatic imine (C=N–C) groups is 3. The summed E-state index contributed by atoms with van der Waals surface area (Å²) >= 11 is 0. The standard InChI is InChI=1S/C36H36N6O6/c1-4-10-31(37-22-43)25-13-7-16-28(19-25)40-34(46)41(29-17-8-14-26(20-29)32(11-5-2)38-23-44)36(48)42(35(40)47)30-18-9-15-27(21-30)33(12-6-3)39-24-45/h7-9,13-21,31-33H,4-6,10-12H2,1-3H3. The molecule has 1 aromatic heterocycles. The number of benzene rings is 3. The number of isocyanates is 3. The zero-order chi connectivity index (χ0) is 34.6. The van der Waals surface area contributed by atoms with Gasteiger partial charge in [-0.15, -0.1) is 0 Å². The van der Waals surface area contributed by atoms with Gasteiger partial charge in [-0.05, 0) is 72.4 Å². The molecule has 1 heterocycles. The van der Waals surface area contributed by atoms with E-state index in [1.165, 1.54) is 0 Å². The molecule has 12 nitrogen and oxygen atoms in total. The molecule has 3 unspecified atom stereocenters. The summed E-state index contributed by atoms with van der Waals surface area (Å²) in [6, 6.07) is 17.9. The van der Waals surface area contributed by atoms with E-state index in [0.717, 1.165) is 13.7 Å². The van der Waals surface area contributed by atoms with Gasteiger partial charge in [-0.1, -0.05) is 76.4 Å². The Hall–Kier alpha value is -5.79. The number of hydrogen-bond donors (Lipinski definition) is 0. The lowest BCUT2D eigenvalue weighted by Gasteiger charge is -2.18. The molecule has 4 rings (SSSR count). The first-order chi connectivity index (χ1) is 23.3. The van der Waals surface area contributed by atoms with Gasteiger partial charge in [0.05, 0.1) is 35.2 Å². The number of carbonyl (C=O) groups excluding carboxylic acids is 3. The highest BCUT2D eigenvalue weighted by molar-refractivity contribution is 5.44. The van der Waals surface area contributed by atoms with Gasteiger partial charge in [0.2, 0.25) is 18.2 Å². The molecule has 246 valence electrons. The fourth-order valence-electron chi connectivity index (χ4n) is 5.75. The van der Waals surface area contributed by atoms with Gasteiger partial charge in [-0.2, -0.15) is 15.0 Å². The molecule has 0 amide bonds. The lowest BCUT2D eigenvalue weighted by molar-refractivity contribution is 0.551. The highest BCUT2D eigenvalue weighted by Gasteiger charge is 2.22. The molecule has 48 heavy (non-hydrogen) atoms. The summed E-state index contributed by atoms with van der Waals surface area (Å²) in [7, 11) is 0. The maximum Gasteiger partial charge on any atom is 0.345 e. The van der Waals surface area contributed by atoms with Crippen LogP contribution >= 0.6 is 0 Å². The molecule has 0 saturated carbocycles. The molecule has 0 saturated heterocycles. The summed E-state index contributed by atoms with van der Waals surface area (Å²) in [4.78, 5) is 88.2. The van der Waals surface area contributed by atoms with Crippen molar-refractivity contribution in [2.24, 2.45) is 15.0 Å². The molecule has 4 aromatic rings. The smallest absolute Gasteiger partial charge is 0.246 e. The lowest BCUT2D eigenvalue weighted by atomic mass is 10.0. The quantitative estimate of drug-likeness (QED) is 0.120. The predicted molar refractivity (Wildman–Crippen MR) is 181 cm³/mol.